The van der Waals surface area contributed by atoms with Gasteiger partial charge in [0.25, 0.3) is 0 Å². The summed E-state index contributed by atoms with van der Waals surface area (Å²) in [5.74, 6) is 0. The molecule has 0 aliphatic rings. The molecule has 0 heterocycles. The molecule has 68 valence electrons. The Bertz CT molecular complexity index is 173. The number of hydrogen-bond donors (Lipinski definition) is 2. The Morgan fingerprint density at radius 1 is 1.36 bits per heavy atom. The molecule has 0 aliphatic heterocycles. The van der Waals surface area contributed by atoms with Gasteiger partial charge < -0.3 is 14.7 Å². The van der Waals surface area contributed by atoms with Gasteiger partial charge in [0, 0.05) is 6.54 Å². The smallest absolute Gasteiger partial charge is 0.324 e. The highest BCUT2D eigenvalue weighted by Crippen LogP contribution is 2.49. The summed E-state index contributed by atoms with van der Waals surface area (Å²) in [6.07, 6.45) is 0. The molecule has 0 amide bonds. The van der Waals surface area contributed by atoms with E-state index in [1.165, 1.54) is 0 Å². The van der Waals surface area contributed by atoms with Crippen LogP contribution in [0.15, 0.2) is 0 Å². The predicted octanol–water partition coefficient (Wildman–Crippen LogP) is 0.504. The first-order valence-electron chi connectivity index (χ1n) is 3.37. The maximum atomic E-state index is 10.9. The third kappa shape index (κ3) is 3.34. The molecule has 0 aliphatic carbocycles. The standard InChI is InChI=1S/C6H16NO3P/c1-6(2,5-7(3)4)11(8,9)10/h5H2,1-4H3,(H2,8,9,10). The van der Waals surface area contributed by atoms with Gasteiger partial charge in [-0.1, -0.05) is 0 Å². The topological polar surface area (TPSA) is 60.8 Å². The molecule has 4 nitrogen and oxygen atoms in total. The molecule has 0 radical (unpaired) electrons. The van der Waals surface area contributed by atoms with Crippen molar-refractivity contribution < 1.29 is 14.4 Å². The summed E-state index contributed by atoms with van der Waals surface area (Å²) in [4.78, 5) is 19.5. The van der Waals surface area contributed by atoms with Gasteiger partial charge in [-0.25, -0.2) is 0 Å². The molecule has 5 heteroatoms. The molecule has 0 aromatic carbocycles. The lowest BCUT2D eigenvalue weighted by molar-refractivity contribution is 0.293. The zero-order valence-electron chi connectivity index (χ0n) is 7.40. The summed E-state index contributed by atoms with van der Waals surface area (Å²) in [5.41, 5.74) is 0. The van der Waals surface area contributed by atoms with E-state index in [-0.39, 0.29) is 0 Å². The second-order valence-corrected chi connectivity index (χ2v) is 5.89. The lowest BCUT2D eigenvalue weighted by atomic mass is 10.2. The Balaban J connectivity index is 4.35. The van der Waals surface area contributed by atoms with Crippen LogP contribution in [-0.4, -0.2) is 40.5 Å². The van der Waals surface area contributed by atoms with Crippen molar-refractivity contribution in [3.05, 3.63) is 0 Å². The van der Waals surface area contributed by atoms with Crippen LogP contribution in [0.5, 0.6) is 0 Å². The molecule has 0 spiro atoms. The maximum Gasteiger partial charge on any atom is 0.332 e. The fourth-order valence-electron chi connectivity index (χ4n) is 0.866. The zero-order chi connectivity index (χ0) is 9.28. The molecule has 0 saturated carbocycles. The van der Waals surface area contributed by atoms with Crippen LogP contribution in [0.3, 0.4) is 0 Å². The van der Waals surface area contributed by atoms with Gasteiger partial charge in [0.2, 0.25) is 0 Å². The van der Waals surface area contributed by atoms with E-state index < -0.39 is 12.8 Å². The van der Waals surface area contributed by atoms with Crippen molar-refractivity contribution in [2.45, 2.75) is 19.0 Å². The third-order valence-corrected chi connectivity index (χ3v) is 3.21. The molecular weight excluding hydrogens is 165 g/mol. The predicted molar refractivity (Wildman–Crippen MR) is 44.7 cm³/mol. The van der Waals surface area contributed by atoms with Crippen LogP contribution in [0.1, 0.15) is 13.8 Å². The van der Waals surface area contributed by atoms with Crippen molar-refractivity contribution in [2.75, 3.05) is 20.6 Å². The Kier molecular flexibility index (Phi) is 3.27. The lowest BCUT2D eigenvalue weighted by Gasteiger charge is -2.28. The van der Waals surface area contributed by atoms with E-state index in [0.29, 0.717) is 6.54 Å². The molecule has 2 N–H and O–H groups in total. The minimum atomic E-state index is -3.96. The van der Waals surface area contributed by atoms with E-state index in [1.807, 2.05) is 0 Å². The summed E-state index contributed by atoms with van der Waals surface area (Å²) in [5, 5.41) is -0.948. The summed E-state index contributed by atoms with van der Waals surface area (Å²) >= 11 is 0. The Morgan fingerprint density at radius 3 is 1.82 bits per heavy atom. The summed E-state index contributed by atoms with van der Waals surface area (Å²) < 4.78 is 10.9. The largest absolute Gasteiger partial charge is 0.332 e. The average Bonchev–Trinajstić information content (AvgIpc) is 1.56. The monoisotopic (exact) mass is 181 g/mol. The molecular formula is C6H16NO3P. The highest BCUT2D eigenvalue weighted by atomic mass is 31.2. The van der Waals surface area contributed by atoms with Crippen LogP contribution in [0.25, 0.3) is 0 Å². The molecule has 0 aromatic rings. The molecule has 0 atom stereocenters. The fourth-order valence-corrected chi connectivity index (χ4v) is 1.33. The Labute approximate surface area is 67.4 Å². The molecule has 0 aromatic heterocycles. The van der Waals surface area contributed by atoms with Crippen LogP contribution >= 0.6 is 7.60 Å². The van der Waals surface area contributed by atoms with Crippen molar-refractivity contribution in [1.29, 1.82) is 0 Å². The minimum absolute atomic E-state index is 0.386. The molecule has 0 bridgehead atoms. The van der Waals surface area contributed by atoms with Crippen molar-refractivity contribution in [2.24, 2.45) is 0 Å². The number of hydrogen-bond acceptors (Lipinski definition) is 2. The van der Waals surface area contributed by atoms with Gasteiger partial charge in [0.15, 0.2) is 0 Å². The van der Waals surface area contributed by atoms with Crippen LogP contribution < -0.4 is 0 Å². The Hall–Kier alpha value is 0.110. The second kappa shape index (κ2) is 3.23. The van der Waals surface area contributed by atoms with Gasteiger partial charge >= 0.3 is 7.60 Å². The fraction of sp³-hybridized carbons (Fsp3) is 1.00. The molecule has 0 rings (SSSR count). The van der Waals surface area contributed by atoms with E-state index in [9.17, 15) is 4.57 Å². The van der Waals surface area contributed by atoms with E-state index in [0.717, 1.165) is 0 Å². The first kappa shape index (κ1) is 11.1. The molecule has 0 fully saturated rings. The normalized spacial score (nSPS) is 14.1. The third-order valence-electron chi connectivity index (χ3n) is 1.49. The van der Waals surface area contributed by atoms with E-state index in [1.54, 1.807) is 32.8 Å². The van der Waals surface area contributed by atoms with Crippen LogP contribution in [0, 0.1) is 0 Å². The van der Waals surface area contributed by atoms with Crippen molar-refractivity contribution in [1.82, 2.24) is 4.90 Å². The second-order valence-electron chi connectivity index (χ2n) is 3.59. The summed E-state index contributed by atoms with van der Waals surface area (Å²) in [6, 6.07) is 0. The van der Waals surface area contributed by atoms with E-state index in [4.69, 9.17) is 9.79 Å². The van der Waals surface area contributed by atoms with Crippen LogP contribution in [0.2, 0.25) is 0 Å². The summed E-state index contributed by atoms with van der Waals surface area (Å²) in [7, 11) is -0.386. The molecule has 0 saturated heterocycles. The SMILES string of the molecule is CN(C)CC(C)(C)P(=O)(O)O. The highest BCUT2D eigenvalue weighted by molar-refractivity contribution is 7.53. The zero-order valence-corrected chi connectivity index (χ0v) is 8.30. The van der Waals surface area contributed by atoms with Gasteiger partial charge in [-0.3, -0.25) is 4.57 Å². The van der Waals surface area contributed by atoms with Gasteiger partial charge in [-0.2, -0.15) is 0 Å². The van der Waals surface area contributed by atoms with Crippen molar-refractivity contribution in [3.8, 4) is 0 Å². The number of rotatable bonds is 3. The summed E-state index contributed by atoms with van der Waals surface area (Å²) in [6.45, 7) is 3.51. The van der Waals surface area contributed by atoms with Crippen molar-refractivity contribution >= 4 is 7.60 Å². The van der Waals surface area contributed by atoms with Crippen molar-refractivity contribution in [3.63, 3.8) is 0 Å². The number of nitrogens with zero attached hydrogens (tertiary/aromatic N) is 1. The van der Waals surface area contributed by atoms with E-state index >= 15 is 0 Å². The first-order chi connectivity index (χ1) is 4.67. The highest BCUT2D eigenvalue weighted by Gasteiger charge is 2.37. The van der Waals surface area contributed by atoms with Crippen LogP contribution in [0.4, 0.5) is 0 Å². The first-order valence-corrected chi connectivity index (χ1v) is 4.98. The average molecular weight is 181 g/mol. The Morgan fingerprint density at radius 2 is 1.73 bits per heavy atom. The van der Waals surface area contributed by atoms with Gasteiger partial charge in [0.1, 0.15) is 0 Å². The van der Waals surface area contributed by atoms with Gasteiger partial charge in [-0.05, 0) is 27.9 Å². The maximum absolute atomic E-state index is 10.9. The van der Waals surface area contributed by atoms with Crippen LogP contribution in [-0.2, 0) is 4.57 Å². The van der Waals surface area contributed by atoms with E-state index in [2.05, 4.69) is 0 Å². The van der Waals surface area contributed by atoms with Gasteiger partial charge in [-0.15, -0.1) is 0 Å². The quantitative estimate of drug-likeness (QED) is 0.622. The minimum Gasteiger partial charge on any atom is -0.324 e. The molecule has 0 unspecified atom stereocenters. The molecule has 11 heavy (non-hydrogen) atoms. The lowest BCUT2D eigenvalue weighted by Crippen LogP contribution is -2.34. The van der Waals surface area contributed by atoms with Gasteiger partial charge in [0.05, 0.1) is 5.16 Å².